The van der Waals surface area contributed by atoms with Crippen LogP contribution in [0.1, 0.15) is 0 Å². The maximum absolute atomic E-state index is 10.7. The molecule has 2 heterocycles. The molecule has 2 aliphatic rings. The second kappa shape index (κ2) is 3.98. The Morgan fingerprint density at radius 3 is 2.50 bits per heavy atom. The van der Waals surface area contributed by atoms with Crippen molar-refractivity contribution in [2.45, 2.75) is 30.5 Å². The summed E-state index contributed by atoms with van der Waals surface area (Å²) in [6.07, 6.45) is -7.50. The molecule has 0 saturated carbocycles. The number of hydrogen-bond donors (Lipinski definition) is 4. The Hall–Kier alpha value is -1.22. The van der Waals surface area contributed by atoms with E-state index >= 15 is 0 Å². The third-order valence-electron chi connectivity index (χ3n) is 2.53. The normalized spacial score (nSPS) is 44.1. The number of cyclic esters (lactones) is 1. The molecule has 0 bridgehead atoms. The quantitative estimate of drug-likeness (QED) is 0.410. The third-order valence-corrected chi connectivity index (χ3v) is 2.53. The van der Waals surface area contributed by atoms with E-state index in [1.807, 2.05) is 0 Å². The van der Waals surface area contributed by atoms with Gasteiger partial charge in [-0.05, 0) is 0 Å². The van der Waals surface area contributed by atoms with Gasteiger partial charge in [-0.15, -0.1) is 4.99 Å². The minimum Gasteiger partial charge on any atom is -0.493 e. The van der Waals surface area contributed by atoms with E-state index in [1.54, 1.807) is 0 Å². The summed E-state index contributed by atoms with van der Waals surface area (Å²) < 4.78 is 9.59. The standard InChI is InChI=1S/C8H11NO7/c10-2-1-15-5(4(12)3(2)11)6-7(13)9-8(14)16-6/h2-6,10-12H,1H2,(H,9,13,14). The van der Waals surface area contributed by atoms with Crippen LogP contribution in [0.3, 0.4) is 0 Å². The Balaban J connectivity index is 2.11. The highest BCUT2D eigenvalue weighted by atomic mass is 16.6. The van der Waals surface area contributed by atoms with E-state index in [9.17, 15) is 25.2 Å². The summed E-state index contributed by atoms with van der Waals surface area (Å²) in [5.74, 6) is -0.613. The lowest BCUT2D eigenvalue weighted by Crippen LogP contribution is -2.58. The van der Waals surface area contributed by atoms with E-state index in [1.165, 1.54) is 0 Å². The fourth-order valence-electron chi connectivity index (χ4n) is 1.65. The summed E-state index contributed by atoms with van der Waals surface area (Å²) in [5, 5.41) is 37.4. The molecule has 90 valence electrons. The fourth-order valence-corrected chi connectivity index (χ4v) is 1.65. The van der Waals surface area contributed by atoms with Crippen molar-refractivity contribution in [3.63, 3.8) is 0 Å². The van der Waals surface area contributed by atoms with Crippen molar-refractivity contribution < 1.29 is 34.7 Å². The first-order valence-corrected chi connectivity index (χ1v) is 4.64. The summed E-state index contributed by atoms with van der Waals surface area (Å²) in [4.78, 5) is 13.8. The van der Waals surface area contributed by atoms with Crippen LogP contribution in [0.4, 0.5) is 4.79 Å². The van der Waals surface area contributed by atoms with E-state index in [4.69, 9.17) is 4.74 Å². The van der Waals surface area contributed by atoms with Gasteiger partial charge in [0.15, 0.2) is 0 Å². The van der Waals surface area contributed by atoms with E-state index < -0.39 is 42.5 Å². The van der Waals surface area contributed by atoms with Crippen LogP contribution in [0.15, 0.2) is 4.99 Å². The first kappa shape index (κ1) is 11.3. The molecule has 0 aromatic heterocycles. The highest BCUT2D eigenvalue weighted by molar-refractivity contribution is 5.95. The lowest BCUT2D eigenvalue weighted by Gasteiger charge is -2.36. The molecule has 8 nitrogen and oxygen atoms in total. The average molecular weight is 233 g/mol. The second-order valence-corrected chi connectivity index (χ2v) is 3.62. The van der Waals surface area contributed by atoms with Crippen molar-refractivity contribution in [3.05, 3.63) is 0 Å². The van der Waals surface area contributed by atoms with Gasteiger partial charge in [0.25, 0.3) is 0 Å². The number of carbonyl (C=O) groups is 1. The summed E-state index contributed by atoms with van der Waals surface area (Å²) >= 11 is 0. The van der Waals surface area contributed by atoms with Crippen molar-refractivity contribution in [2.75, 3.05) is 6.61 Å². The summed E-state index contributed by atoms with van der Waals surface area (Å²) in [7, 11) is 0. The molecular formula is C8H11NO7. The number of hydrogen-bond acceptors (Lipinski definition) is 6. The van der Waals surface area contributed by atoms with E-state index in [0.29, 0.717) is 0 Å². The van der Waals surface area contributed by atoms with Crippen LogP contribution in [0, 0.1) is 0 Å². The van der Waals surface area contributed by atoms with E-state index in [-0.39, 0.29) is 6.61 Å². The molecular weight excluding hydrogens is 222 g/mol. The molecule has 0 aromatic rings. The fraction of sp³-hybridized carbons (Fsp3) is 0.750. The number of ether oxygens (including phenoxy) is 2. The zero-order valence-corrected chi connectivity index (χ0v) is 8.05. The molecule has 1 amide bonds. The number of aliphatic imine (C=N–C) groups is 1. The van der Waals surface area contributed by atoms with Crippen LogP contribution in [0.25, 0.3) is 0 Å². The molecule has 8 heteroatoms. The highest BCUT2D eigenvalue weighted by Gasteiger charge is 2.47. The zero-order chi connectivity index (χ0) is 11.9. The van der Waals surface area contributed by atoms with Crippen molar-refractivity contribution in [1.82, 2.24) is 0 Å². The van der Waals surface area contributed by atoms with Gasteiger partial charge >= 0.3 is 6.09 Å². The summed E-state index contributed by atoms with van der Waals surface area (Å²) in [6, 6.07) is 0. The molecule has 16 heavy (non-hydrogen) atoms. The van der Waals surface area contributed by atoms with Gasteiger partial charge < -0.3 is 29.9 Å². The van der Waals surface area contributed by atoms with Gasteiger partial charge in [0.2, 0.25) is 12.0 Å². The van der Waals surface area contributed by atoms with Crippen LogP contribution in [0.2, 0.25) is 0 Å². The van der Waals surface area contributed by atoms with Crippen molar-refractivity contribution in [3.8, 4) is 0 Å². The maximum atomic E-state index is 10.7. The van der Waals surface area contributed by atoms with Crippen LogP contribution < -0.4 is 0 Å². The topological polar surface area (TPSA) is 129 Å². The smallest absolute Gasteiger partial charge is 0.437 e. The molecule has 5 unspecified atom stereocenters. The Labute approximate surface area is 89.7 Å². The largest absolute Gasteiger partial charge is 0.493 e. The Kier molecular flexibility index (Phi) is 2.80. The zero-order valence-electron chi connectivity index (χ0n) is 8.05. The van der Waals surface area contributed by atoms with Crippen LogP contribution in [-0.2, 0) is 9.47 Å². The van der Waals surface area contributed by atoms with Gasteiger partial charge in [0.05, 0.1) is 6.61 Å². The van der Waals surface area contributed by atoms with Gasteiger partial charge in [-0.3, -0.25) is 0 Å². The van der Waals surface area contributed by atoms with Crippen molar-refractivity contribution >= 4 is 12.0 Å². The third kappa shape index (κ3) is 1.76. The lowest BCUT2D eigenvalue weighted by atomic mass is 9.96. The molecule has 5 atom stereocenters. The predicted octanol–water partition coefficient (Wildman–Crippen LogP) is -2.06. The molecule has 0 aromatic carbocycles. The molecule has 0 aliphatic carbocycles. The van der Waals surface area contributed by atoms with Gasteiger partial charge in [0, 0.05) is 0 Å². The number of aliphatic hydroxyl groups excluding tert-OH is 4. The number of aliphatic hydroxyl groups is 4. The first-order valence-electron chi connectivity index (χ1n) is 4.64. The SMILES string of the molecule is O=C1N=C(O)C(C2OCC(O)C(O)C2O)O1. The van der Waals surface area contributed by atoms with Gasteiger partial charge in [-0.25, -0.2) is 4.79 Å². The van der Waals surface area contributed by atoms with Gasteiger partial charge in [-0.1, -0.05) is 0 Å². The number of carbonyl (C=O) groups excluding carboxylic acids is 1. The number of rotatable bonds is 1. The molecule has 1 saturated heterocycles. The average Bonchev–Trinajstić information content (AvgIpc) is 2.55. The molecule has 1 fully saturated rings. The number of amides is 1. The van der Waals surface area contributed by atoms with Crippen LogP contribution in [0.5, 0.6) is 0 Å². The highest BCUT2D eigenvalue weighted by Crippen LogP contribution is 2.23. The molecule has 2 rings (SSSR count). The lowest BCUT2D eigenvalue weighted by molar-refractivity contribution is -0.202. The first-order chi connectivity index (χ1) is 7.50. The molecule has 0 spiro atoms. The van der Waals surface area contributed by atoms with E-state index in [0.717, 1.165) is 0 Å². The number of nitrogens with zero attached hydrogens (tertiary/aromatic N) is 1. The predicted molar refractivity (Wildman–Crippen MR) is 48.1 cm³/mol. The van der Waals surface area contributed by atoms with E-state index in [2.05, 4.69) is 9.73 Å². The maximum Gasteiger partial charge on any atom is 0.437 e. The Bertz CT molecular complexity index is 330. The van der Waals surface area contributed by atoms with Crippen molar-refractivity contribution in [2.24, 2.45) is 4.99 Å². The molecule has 0 radical (unpaired) electrons. The van der Waals surface area contributed by atoms with Crippen molar-refractivity contribution in [1.29, 1.82) is 0 Å². The summed E-state index contributed by atoms with van der Waals surface area (Å²) in [6.45, 7) is -0.232. The molecule has 2 aliphatic heterocycles. The molecule has 4 N–H and O–H groups in total. The Morgan fingerprint density at radius 2 is 1.94 bits per heavy atom. The second-order valence-electron chi connectivity index (χ2n) is 3.62. The van der Waals surface area contributed by atoms with Crippen LogP contribution >= 0.6 is 0 Å². The minimum absolute atomic E-state index is 0.232. The monoisotopic (exact) mass is 233 g/mol. The summed E-state index contributed by atoms with van der Waals surface area (Å²) in [5.41, 5.74) is 0. The van der Waals surface area contributed by atoms with Gasteiger partial charge in [-0.2, -0.15) is 0 Å². The van der Waals surface area contributed by atoms with Gasteiger partial charge in [0.1, 0.15) is 24.4 Å². The Morgan fingerprint density at radius 1 is 1.25 bits per heavy atom. The minimum atomic E-state index is -1.48. The van der Waals surface area contributed by atoms with Crippen LogP contribution in [-0.4, -0.2) is 69.5 Å².